The van der Waals surface area contributed by atoms with Crippen molar-refractivity contribution in [2.24, 2.45) is 0 Å². The number of allylic oxidation sites excluding steroid dienone is 1. The fourth-order valence-electron chi connectivity index (χ4n) is 0.614. The van der Waals surface area contributed by atoms with Crippen LogP contribution in [0.3, 0.4) is 0 Å². The predicted molar refractivity (Wildman–Crippen MR) is 57.2 cm³/mol. The van der Waals surface area contributed by atoms with Gasteiger partial charge in [-0.05, 0) is 26.8 Å². The summed E-state index contributed by atoms with van der Waals surface area (Å²) in [6.07, 6.45) is 0.731. The average molecular weight is 268 g/mol. The second kappa shape index (κ2) is 6.01. The molecular formula is C9H15BrFNO2. The van der Waals surface area contributed by atoms with Gasteiger partial charge in [-0.3, -0.25) is 0 Å². The molecule has 0 aromatic heterocycles. The van der Waals surface area contributed by atoms with Gasteiger partial charge in [-0.1, -0.05) is 15.9 Å². The van der Waals surface area contributed by atoms with Gasteiger partial charge >= 0.3 is 6.09 Å². The van der Waals surface area contributed by atoms with Crippen molar-refractivity contribution in [2.75, 3.05) is 11.9 Å². The second-order valence-corrected chi connectivity index (χ2v) is 4.23. The van der Waals surface area contributed by atoms with Crippen molar-refractivity contribution in [3.05, 3.63) is 11.9 Å². The number of rotatable bonds is 3. The molecular weight excluding hydrogens is 253 g/mol. The maximum Gasteiger partial charge on any atom is 0.407 e. The van der Waals surface area contributed by atoms with Crippen LogP contribution in [0.1, 0.15) is 20.8 Å². The lowest BCUT2D eigenvalue weighted by molar-refractivity contribution is 0.0534. The maximum absolute atomic E-state index is 12.5. The summed E-state index contributed by atoms with van der Waals surface area (Å²) >= 11 is 2.94. The standard InChI is InChI=1S/C9H15BrFNO2/c1-9(2,3)14-8(13)12-5-4-7(11)6-10/h4H,5-6H2,1-3H3,(H,12,13)/b7-4+. The molecule has 0 heterocycles. The Kier molecular flexibility index (Phi) is 5.76. The summed E-state index contributed by atoms with van der Waals surface area (Å²) in [5.74, 6) is -0.318. The van der Waals surface area contributed by atoms with E-state index in [9.17, 15) is 9.18 Å². The quantitative estimate of drug-likeness (QED) is 0.799. The molecule has 1 N–H and O–H groups in total. The third-order valence-corrected chi connectivity index (χ3v) is 1.63. The molecule has 0 aliphatic carbocycles. The van der Waals surface area contributed by atoms with Crippen LogP contribution < -0.4 is 5.32 Å². The van der Waals surface area contributed by atoms with E-state index in [1.165, 1.54) is 6.08 Å². The van der Waals surface area contributed by atoms with Gasteiger partial charge in [0.25, 0.3) is 0 Å². The highest BCUT2D eigenvalue weighted by Crippen LogP contribution is 2.06. The van der Waals surface area contributed by atoms with Gasteiger partial charge in [-0.25, -0.2) is 9.18 Å². The second-order valence-electron chi connectivity index (χ2n) is 3.67. The Labute approximate surface area is 91.8 Å². The van der Waals surface area contributed by atoms with Crippen molar-refractivity contribution in [3.8, 4) is 0 Å². The van der Waals surface area contributed by atoms with Gasteiger partial charge in [-0.15, -0.1) is 0 Å². The van der Waals surface area contributed by atoms with Crippen molar-refractivity contribution in [1.82, 2.24) is 5.32 Å². The molecule has 0 fully saturated rings. The number of carbonyl (C=O) groups excluding carboxylic acids is 1. The SMILES string of the molecule is CC(C)(C)OC(=O)NC/C=C(/F)CBr. The largest absolute Gasteiger partial charge is 0.444 e. The molecule has 1 amide bonds. The molecule has 3 nitrogen and oxygen atoms in total. The van der Waals surface area contributed by atoms with E-state index >= 15 is 0 Å². The minimum absolute atomic E-state index is 0.131. The van der Waals surface area contributed by atoms with Gasteiger partial charge in [0, 0.05) is 6.54 Å². The number of alkyl carbamates (subject to hydrolysis) is 1. The van der Waals surface area contributed by atoms with Gasteiger partial charge in [0.1, 0.15) is 11.4 Å². The Morgan fingerprint density at radius 1 is 1.57 bits per heavy atom. The first kappa shape index (κ1) is 13.4. The first-order chi connectivity index (χ1) is 6.35. The number of alkyl halides is 1. The molecule has 0 radical (unpaired) electrons. The average Bonchev–Trinajstić information content (AvgIpc) is 2.00. The molecule has 0 unspecified atom stereocenters. The molecule has 82 valence electrons. The van der Waals surface area contributed by atoms with Crippen LogP contribution in [0.5, 0.6) is 0 Å². The lowest BCUT2D eigenvalue weighted by atomic mass is 10.2. The summed E-state index contributed by atoms with van der Waals surface area (Å²) < 4.78 is 17.5. The minimum atomic E-state index is -0.545. The Balaban J connectivity index is 3.76. The summed E-state index contributed by atoms with van der Waals surface area (Å²) in [5.41, 5.74) is -0.526. The maximum atomic E-state index is 12.5. The molecule has 0 saturated carbocycles. The molecule has 0 saturated heterocycles. The number of amides is 1. The van der Waals surface area contributed by atoms with Gasteiger partial charge < -0.3 is 10.1 Å². The molecule has 0 aliphatic rings. The zero-order chi connectivity index (χ0) is 11.2. The summed E-state index contributed by atoms with van der Waals surface area (Å²) in [7, 11) is 0. The number of hydrogen-bond donors (Lipinski definition) is 1. The summed E-state index contributed by atoms with van der Waals surface area (Å²) in [6.45, 7) is 5.43. The fraction of sp³-hybridized carbons (Fsp3) is 0.667. The van der Waals surface area contributed by atoms with E-state index in [4.69, 9.17) is 4.74 Å². The zero-order valence-corrected chi connectivity index (χ0v) is 10.1. The van der Waals surface area contributed by atoms with Crippen molar-refractivity contribution in [3.63, 3.8) is 0 Å². The highest BCUT2D eigenvalue weighted by atomic mass is 79.9. The van der Waals surface area contributed by atoms with E-state index in [0.717, 1.165) is 0 Å². The van der Waals surface area contributed by atoms with Gasteiger partial charge in [-0.2, -0.15) is 0 Å². The molecule has 0 aromatic carbocycles. The van der Waals surface area contributed by atoms with E-state index in [1.807, 2.05) is 0 Å². The molecule has 5 heteroatoms. The fourth-order valence-corrected chi connectivity index (χ4v) is 0.843. The van der Waals surface area contributed by atoms with Gasteiger partial charge in [0.2, 0.25) is 0 Å². The van der Waals surface area contributed by atoms with Crippen LogP contribution in [0.2, 0.25) is 0 Å². The third-order valence-electron chi connectivity index (χ3n) is 1.10. The third kappa shape index (κ3) is 8.04. The van der Waals surface area contributed by atoms with E-state index in [0.29, 0.717) is 0 Å². The number of nitrogens with one attached hydrogen (secondary N) is 1. The highest BCUT2D eigenvalue weighted by molar-refractivity contribution is 9.09. The molecule has 14 heavy (non-hydrogen) atoms. The molecule has 0 atom stereocenters. The Morgan fingerprint density at radius 3 is 2.57 bits per heavy atom. The lowest BCUT2D eigenvalue weighted by Gasteiger charge is -2.19. The van der Waals surface area contributed by atoms with E-state index in [1.54, 1.807) is 20.8 Å². The minimum Gasteiger partial charge on any atom is -0.444 e. The number of ether oxygens (including phenoxy) is 1. The van der Waals surface area contributed by atoms with Crippen molar-refractivity contribution >= 4 is 22.0 Å². The lowest BCUT2D eigenvalue weighted by Crippen LogP contribution is -2.32. The van der Waals surface area contributed by atoms with Crippen LogP contribution in [0.25, 0.3) is 0 Å². The van der Waals surface area contributed by atoms with Crippen LogP contribution in [0.15, 0.2) is 11.9 Å². The van der Waals surface area contributed by atoms with Crippen LogP contribution in [-0.4, -0.2) is 23.6 Å². The van der Waals surface area contributed by atoms with E-state index < -0.39 is 11.7 Å². The number of hydrogen-bond acceptors (Lipinski definition) is 2. The Morgan fingerprint density at radius 2 is 2.14 bits per heavy atom. The van der Waals surface area contributed by atoms with Crippen LogP contribution in [-0.2, 0) is 4.74 Å². The van der Waals surface area contributed by atoms with Crippen molar-refractivity contribution in [1.29, 1.82) is 0 Å². The van der Waals surface area contributed by atoms with Gasteiger partial charge in [0.15, 0.2) is 0 Å². The van der Waals surface area contributed by atoms with Crippen LogP contribution in [0.4, 0.5) is 9.18 Å². The molecule has 0 aliphatic heterocycles. The van der Waals surface area contributed by atoms with Crippen molar-refractivity contribution < 1.29 is 13.9 Å². The number of halogens is 2. The Bertz CT molecular complexity index is 223. The first-order valence-electron chi connectivity index (χ1n) is 4.22. The smallest absolute Gasteiger partial charge is 0.407 e. The molecule has 0 aromatic rings. The van der Waals surface area contributed by atoms with Gasteiger partial charge in [0.05, 0.1) is 5.33 Å². The zero-order valence-electron chi connectivity index (χ0n) is 8.56. The topological polar surface area (TPSA) is 38.3 Å². The monoisotopic (exact) mass is 267 g/mol. The number of carbonyl (C=O) groups is 1. The van der Waals surface area contributed by atoms with Crippen LogP contribution in [0, 0.1) is 0 Å². The van der Waals surface area contributed by atoms with Crippen LogP contribution >= 0.6 is 15.9 Å². The normalized spacial score (nSPS) is 12.5. The van der Waals surface area contributed by atoms with Crippen molar-refractivity contribution in [2.45, 2.75) is 26.4 Å². The summed E-state index contributed by atoms with van der Waals surface area (Å²) in [4.78, 5) is 11.0. The summed E-state index contributed by atoms with van der Waals surface area (Å²) in [6, 6.07) is 0. The predicted octanol–water partition coefficient (Wildman–Crippen LogP) is 2.76. The Hall–Kier alpha value is -0.580. The molecule has 0 spiro atoms. The molecule has 0 rings (SSSR count). The van der Waals surface area contributed by atoms with E-state index in [2.05, 4.69) is 21.2 Å². The highest BCUT2D eigenvalue weighted by Gasteiger charge is 2.15. The van der Waals surface area contributed by atoms with E-state index in [-0.39, 0.29) is 17.7 Å². The first-order valence-corrected chi connectivity index (χ1v) is 5.34. The summed E-state index contributed by atoms with van der Waals surface area (Å²) in [5, 5.41) is 2.56. The molecule has 0 bridgehead atoms.